The first-order valence-electron chi connectivity index (χ1n) is 6.92. The van der Waals surface area contributed by atoms with Crippen molar-refractivity contribution in [3.05, 3.63) is 27.8 Å². The van der Waals surface area contributed by atoms with Gasteiger partial charge in [-0.15, -0.1) is 0 Å². The molecule has 0 aliphatic rings. The van der Waals surface area contributed by atoms with Gasteiger partial charge in [0, 0.05) is 12.1 Å². The molecule has 0 bridgehead atoms. The van der Waals surface area contributed by atoms with Gasteiger partial charge in [-0.05, 0) is 13.3 Å². The van der Waals surface area contributed by atoms with Crippen LogP contribution < -0.4 is 14.8 Å². The zero-order valence-electron chi connectivity index (χ0n) is 13.0. The van der Waals surface area contributed by atoms with Crippen molar-refractivity contribution in [1.82, 2.24) is 5.32 Å². The fourth-order valence-corrected chi connectivity index (χ4v) is 2.04. The number of halogens is 2. The van der Waals surface area contributed by atoms with E-state index >= 15 is 0 Å². The van der Waals surface area contributed by atoms with Crippen LogP contribution in [-0.4, -0.2) is 30.6 Å². The molecule has 1 N–H and O–H groups in total. The second-order valence-corrected chi connectivity index (χ2v) is 4.82. The van der Waals surface area contributed by atoms with E-state index in [2.05, 4.69) is 10.1 Å². The molecule has 9 heteroatoms. The van der Waals surface area contributed by atoms with Crippen molar-refractivity contribution in [2.75, 3.05) is 7.11 Å². The molecule has 1 aromatic carbocycles. The minimum Gasteiger partial charge on any atom is -0.493 e. The van der Waals surface area contributed by atoms with Gasteiger partial charge in [0.1, 0.15) is 5.56 Å². The molecule has 0 saturated carbocycles. The summed E-state index contributed by atoms with van der Waals surface area (Å²) < 4.78 is 33.8. The Balaban J connectivity index is 3.24. The molecular formula is C14H18F2N2O5. The zero-order valence-corrected chi connectivity index (χ0v) is 13.0. The van der Waals surface area contributed by atoms with Crippen LogP contribution in [0.5, 0.6) is 11.5 Å². The molecular weight excluding hydrogens is 314 g/mol. The van der Waals surface area contributed by atoms with Crippen molar-refractivity contribution in [3.63, 3.8) is 0 Å². The second kappa shape index (κ2) is 8.25. The summed E-state index contributed by atoms with van der Waals surface area (Å²) in [6, 6.07) is 1.59. The highest BCUT2D eigenvalue weighted by atomic mass is 19.3. The maximum atomic E-state index is 12.4. The lowest BCUT2D eigenvalue weighted by atomic mass is 10.1. The van der Waals surface area contributed by atoms with Crippen LogP contribution in [0.25, 0.3) is 0 Å². The molecule has 128 valence electrons. The molecule has 7 nitrogen and oxygen atoms in total. The Labute approximate surface area is 131 Å². The zero-order chi connectivity index (χ0) is 17.6. The summed E-state index contributed by atoms with van der Waals surface area (Å²) in [7, 11) is 1.18. The number of hydrogen-bond acceptors (Lipinski definition) is 5. The molecule has 0 saturated heterocycles. The molecule has 0 aliphatic carbocycles. The van der Waals surface area contributed by atoms with Gasteiger partial charge in [-0.2, -0.15) is 8.78 Å². The van der Waals surface area contributed by atoms with E-state index in [0.717, 1.165) is 18.6 Å². The molecule has 0 spiro atoms. The van der Waals surface area contributed by atoms with Gasteiger partial charge in [0.15, 0.2) is 11.5 Å². The molecule has 1 rings (SSSR count). The van der Waals surface area contributed by atoms with Crippen LogP contribution in [-0.2, 0) is 0 Å². The number of alkyl halides is 2. The number of rotatable bonds is 8. The quantitative estimate of drug-likeness (QED) is 0.583. The number of nitrogens with zero attached hydrogens (tertiary/aromatic N) is 1. The van der Waals surface area contributed by atoms with E-state index in [1.807, 2.05) is 6.92 Å². The first-order valence-corrected chi connectivity index (χ1v) is 6.92. The highest BCUT2D eigenvalue weighted by Crippen LogP contribution is 2.35. The summed E-state index contributed by atoms with van der Waals surface area (Å²) in [6.07, 6.45) is 1.53. The lowest BCUT2D eigenvalue weighted by molar-refractivity contribution is -0.385. The van der Waals surface area contributed by atoms with Crippen molar-refractivity contribution in [1.29, 1.82) is 0 Å². The van der Waals surface area contributed by atoms with Crippen LogP contribution in [0, 0.1) is 10.1 Å². The van der Waals surface area contributed by atoms with Crippen LogP contribution in [0.2, 0.25) is 0 Å². The summed E-state index contributed by atoms with van der Waals surface area (Å²) in [5.41, 5.74) is -0.918. The maximum Gasteiger partial charge on any atom is 0.387 e. The van der Waals surface area contributed by atoms with Crippen LogP contribution in [0.3, 0.4) is 0 Å². The number of nitrogens with one attached hydrogen (secondary N) is 1. The molecule has 0 unspecified atom stereocenters. The Kier molecular flexibility index (Phi) is 6.67. The fourth-order valence-electron chi connectivity index (χ4n) is 2.04. The minimum absolute atomic E-state index is 0.185. The van der Waals surface area contributed by atoms with E-state index in [1.54, 1.807) is 6.92 Å². The Hall–Kier alpha value is -2.45. The summed E-state index contributed by atoms with van der Waals surface area (Å²) in [4.78, 5) is 22.5. The second-order valence-electron chi connectivity index (χ2n) is 4.82. The third-order valence-corrected chi connectivity index (χ3v) is 3.04. The van der Waals surface area contributed by atoms with Gasteiger partial charge < -0.3 is 14.8 Å². The number of carbonyl (C=O) groups is 1. The topological polar surface area (TPSA) is 90.7 Å². The lowest BCUT2D eigenvalue weighted by Gasteiger charge is -2.15. The van der Waals surface area contributed by atoms with Crippen molar-refractivity contribution < 1.29 is 28.0 Å². The molecule has 0 fully saturated rings. The molecule has 0 radical (unpaired) electrons. The maximum absolute atomic E-state index is 12.4. The standard InChI is InChI=1S/C14H18F2N2O5/c1-4-5-8(2)17-13(19)9-6-11(22-3)12(23-14(15)16)7-10(9)18(20)21/h6-8,14H,4-5H2,1-3H3,(H,17,19)/t8-/m1/s1. The van der Waals surface area contributed by atoms with Gasteiger partial charge >= 0.3 is 6.61 Å². The van der Waals surface area contributed by atoms with Crippen molar-refractivity contribution in [2.45, 2.75) is 39.3 Å². The van der Waals surface area contributed by atoms with Gasteiger partial charge in [-0.25, -0.2) is 0 Å². The molecule has 0 aliphatic heterocycles. The largest absolute Gasteiger partial charge is 0.493 e. The van der Waals surface area contributed by atoms with E-state index < -0.39 is 28.9 Å². The van der Waals surface area contributed by atoms with Gasteiger partial charge in [0.05, 0.1) is 18.1 Å². The third kappa shape index (κ3) is 5.04. The smallest absolute Gasteiger partial charge is 0.387 e. The molecule has 0 heterocycles. The Morgan fingerprint density at radius 3 is 2.52 bits per heavy atom. The van der Waals surface area contributed by atoms with Crippen molar-refractivity contribution >= 4 is 11.6 Å². The molecule has 1 aromatic rings. The van der Waals surface area contributed by atoms with Gasteiger partial charge in [0.2, 0.25) is 0 Å². The molecule has 1 atom stereocenters. The van der Waals surface area contributed by atoms with Crippen molar-refractivity contribution in [3.8, 4) is 11.5 Å². The first kappa shape index (κ1) is 18.6. The SMILES string of the molecule is CCC[C@@H](C)NC(=O)c1cc(OC)c(OC(F)F)cc1[N+](=O)[O-]. The summed E-state index contributed by atoms with van der Waals surface area (Å²) >= 11 is 0. The van der Waals surface area contributed by atoms with E-state index in [4.69, 9.17) is 4.74 Å². The molecule has 1 amide bonds. The summed E-state index contributed by atoms with van der Waals surface area (Å²) in [5.74, 6) is -1.38. The average Bonchev–Trinajstić information content (AvgIpc) is 2.46. The predicted molar refractivity (Wildman–Crippen MR) is 78.1 cm³/mol. The average molecular weight is 332 g/mol. The number of methoxy groups -OCH3 is 1. The Bertz CT molecular complexity index is 581. The number of benzene rings is 1. The van der Waals surface area contributed by atoms with E-state index in [-0.39, 0.29) is 17.4 Å². The number of hydrogen-bond donors (Lipinski definition) is 1. The van der Waals surface area contributed by atoms with Crippen LogP contribution in [0.15, 0.2) is 12.1 Å². The number of ether oxygens (including phenoxy) is 2. The van der Waals surface area contributed by atoms with E-state index in [1.165, 1.54) is 7.11 Å². The summed E-state index contributed by atoms with van der Waals surface area (Å²) in [6.45, 7) is 0.524. The highest BCUT2D eigenvalue weighted by Gasteiger charge is 2.26. The van der Waals surface area contributed by atoms with Gasteiger partial charge in [0.25, 0.3) is 11.6 Å². The number of nitro benzene ring substituents is 1. The Morgan fingerprint density at radius 1 is 1.39 bits per heavy atom. The van der Waals surface area contributed by atoms with Gasteiger partial charge in [-0.1, -0.05) is 13.3 Å². The highest BCUT2D eigenvalue weighted by molar-refractivity contribution is 5.99. The van der Waals surface area contributed by atoms with Crippen LogP contribution >= 0.6 is 0 Å². The summed E-state index contributed by atoms with van der Waals surface area (Å²) in [5, 5.41) is 13.7. The van der Waals surface area contributed by atoms with E-state index in [9.17, 15) is 23.7 Å². The molecule has 0 aromatic heterocycles. The van der Waals surface area contributed by atoms with Gasteiger partial charge in [-0.3, -0.25) is 14.9 Å². The first-order chi connectivity index (χ1) is 10.8. The number of nitro groups is 1. The van der Waals surface area contributed by atoms with Crippen LogP contribution in [0.1, 0.15) is 37.0 Å². The number of amides is 1. The lowest BCUT2D eigenvalue weighted by Crippen LogP contribution is -2.32. The molecule has 23 heavy (non-hydrogen) atoms. The fraction of sp³-hybridized carbons (Fsp3) is 0.500. The number of carbonyl (C=O) groups excluding carboxylic acids is 1. The van der Waals surface area contributed by atoms with Crippen LogP contribution in [0.4, 0.5) is 14.5 Å². The van der Waals surface area contributed by atoms with Crippen molar-refractivity contribution in [2.24, 2.45) is 0 Å². The predicted octanol–water partition coefficient (Wildman–Crippen LogP) is 3.12. The minimum atomic E-state index is -3.17. The third-order valence-electron chi connectivity index (χ3n) is 3.04. The monoisotopic (exact) mass is 332 g/mol. The Morgan fingerprint density at radius 2 is 2.04 bits per heavy atom. The van der Waals surface area contributed by atoms with E-state index in [0.29, 0.717) is 6.42 Å². The normalized spacial score (nSPS) is 11.9.